The van der Waals surface area contributed by atoms with Gasteiger partial charge in [-0.1, -0.05) is 27.7 Å². The molecule has 114 valence electrons. The summed E-state index contributed by atoms with van der Waals surface area (Å²) >= 11 is 1.91. The average molecular weight is 295 g/mol. The van der Waals surface area contributed by atoms with Crippen LogP contribution in [0, 0.1) is 13.8 Å². The summed E-state index contributed by atoms with van der Waals surface area (Å²) in [7, 11) is 0. The predicted molar refractivity (Wildman–Crippen MR) is 89.5 cm³/mol. The van der Waals surface area contributed by atoms with Crippen LogP contribution in [0.4, 0.5) is 0 Å². The van der Waals surface area contributed by atoms with Crippen molar-refractivity contribution in [3.8, 4) is 0 Å². The fourth-order valence-electron chi connectivity index (χ4n) is 2.39. The molecule has 3 nitrogen and oxygen atoms in total. The number of hydrogen-bond donors (Lipinski definition) is 1. The van der Waals surface area contributed by atoms with E-state index in [1.807, 2.05) is 11.8 Å². The summed E-state index contributed by atoms with van der Waals surface area (Å²) in [6.07, 6.45) is 1.21. The zero-order valence-corrected chi connectivity index (χ0v) is 14.6. The van der Waals surface area contributed by atoms with Gasteiger partial charge in [-0.05, 0) is 37.5 Å². The third kappa shape index (κ3) is 5.41. The molecule has 1 atom stereocenters. The van der Waals surface area contributed by atoms with Crippen molar-refractivity contribution in [2.45, 2.75) is 65.7 Å². The van der Waals surface area contributed by atoms with Crippen molar-refractivity contribution in [2.24, 2.45) is 0 Å². The maximum atomic E-state index is 4.69. The Kier molecular flexibility index (Phi) is 7.52. The van der Waals surface area contributed by atoms with E-state index in [2.05, 4.69) is 46.9 Å². The summed E-state index contributed by atoms with van der Waals surface area (Å²) in [5.74, 6) is 3.53. The van der Waals surface area contributed by atoms with E-state index in [0.717, 1.165) is 29.5 Å². The number of aromatic nitrogens is 2. The van der Waals surface area contributed by atoms with Crippen LogP contribution in [0.2, 0.25) is 0 Å². The Morgan fingerprint density at radius 1 is 1.10 bits per heavy atom. The topological polar surface area (TPSA) is 37.8 Å². The van der Waals surface area contributed by atoms with Crippen molar-refractivity contribution in [2.75, 3.05) is 12.3 Å². The van der Waals surface area contributed by atoms with Crippen LogP contribution in [0.5, 0.6) is 0 Å². The molecule has 0 aliphatic heterocycles. The standard InChI is InChI=1S/C16H29N3S/c1-7-8-20-10-15-18-13(5)16(14(6)19-15)12(4)9-17-11(2)3/h11-12,17H,7-10H2,1-6H3. The van der Waals surface area contributed by atoms with E-state index in [9.17, 15) is 0 Å². The number of thioether (sulfide) groups is 1. The molecule has 1 N–H and O–H groups in total. The minimum Gasteiger partial charge on any atom is -0.314 e. The Hall–Kier alpha value is -0.610. The number of rotatable bonds is 8. The molecule has 1 aromatic rings. The monoisotopic (exact) mass is 295 g/mol. The van der Waals surface area contributed by atoms with E-state index >= 15 is 0 Å². The van der Waals surface area contributed by atoms with Crippen LogP contribution in [0.3, 0.4) is 0 Å². The summed E-state index contributed by atoms with van der Waals surface area (Å²) in [4.78, 5) is 9.39. The van der Waals surface area contributed by atoms with E-state index in [-0.39, 0.29) is 0 Å². The number of nitrogens with zero attached hydrogens (tertiary/aromatic N) is 2. The molecule has 1 rings (SSSR count). The zero-order valence-electron chi connectivity index (χ0n) is 13.8. The van der Waals surface area contributed by atoms with Gasteiger partial charge in [0.05, 0.1) is 5.75 Å². The summed E-state index contributed by atoms with van der Waals surface area (Å²) < 4.78 is 0. The van der Waals surface area contributed by atoms with Gasteiger partial charge in [0, 0.05) is 24.0 Å². The van der Waals surface area contributed by atoms with E-state index in [1.54, 1.807) is 0 Å². The maximum Gasteiger partial charge on any atom is 0.138 e. The highest BCUT2D eigenvalue weighted by Crippen LogP contribution is 2.22. The van der Waals surface area contributed by atoms with Crippen molar-refractivity contribution >= 4 is 11.8 Å². The highest BCUT2D eigenvalue weighted by Gasteiger charge is 2.15. The molecule has 0 radical (unpaired) electrons. The SMILES string of the molecule is CCCSCc1nc(C)c(C(C)CNC(C)C)c(C)n1. The smallest absolute Gasteiger partial charge is 0.138 e. The van der Waals surface area contributed by atoms with E-state index in [0.29, 0.717) is 12.0 Å². The molecule has 4 heteroatoms. The van der Waals surface area contributed by atoms with Crippen LogP contribution in [0.15, 0.2) is 0 Å². The lowest BCUT2D eigenvalue weighted by atomic mass is 9.98. The molecule has 0 spiro atoms. The lowest BCUT2D eigenvalue weighted by Crippen LogP contribution is -2.28. The van der Waals surface area contributed by atoms with Gasteiger partial charge in [-0.25, -0.2) is 9.97 Å². The minimum atomic E-state index is 0.453. The first-order valence-electron chi connectivity index (χ1n) is 7.60. The fraction of sp³-hybridized carbons (Fsp3) is 0.750. The Labute approximate surface area is 128 Å². The van der Waals surface area contributed by atoms with Crippen molar-refractivity contribution in [1.82, 2.24) is 15.3 Å². The van der Waals surface area contributed by atoms with Gasteiger partial charge >= 0.3 is 0 Å². The molecule has 1 heterocycles. The largest absolute Gasteiger partial charge is 0.314 e. The van der Waals surface area contributed by atoms with Crippen LogP contribution >= 0.6 is 11.8 Å². The Morgan fingerprint density at radius 3 is 2.20 bits per heavy atom. The molecule has 1 unspecified atom stereocenters. The first kappa shape index (κ1) is 17.4. The third-order valence-corrected chi connectivity index (χ3v) is 4.44. The van der Waals surface area contributed by atoms with Gasteiger partial charge < -0.3 is 5.32 Å². The van der Waals surface area contributed by atoms with Crippen LogP contribution in [0.25, 0.3) is 0 Å². The maximum absolute atomic E-state index is 4.69. The van der Waals surface area contributed by atoms with Gasteiger partial charge in [0.15, 0.2) is 0 Å². The second-order valence-corrected chi connectivity index (χ2v) is 6.85. The van der Waals surface area contributed by atoms with Gasteiger partial charge in [-0.15, -0.1) is 0 Å². The molecule has 0 saturated heterocycles. The van der Waals surface area contributed by atoms with E-state index in [1.165, 1.54) is 17.7 Å². The quantitative estimate of drug-likeness (QED) is 0.740. The lowest BCUT2D eigenvalue weighted by Gasteiger charge is -2.19. The Bertz CT molecular complexity index is 395. The van der Waals surface area contributed by atoms with Crippen LogP contribution in [0.1, 0.15) is 62.8 Å². The van der Waals surface area contributed by atoms with Gasteiger partial charge in [-0.2, -0.15) is 11.8 Å². The first-order valence-corrected chi connectivity index (χ1v) is 8.76. The molecule has 0 bridgehead atoms. The van der Waals surface area contributed by atoms with Crippen LogP contribution in [-0.2, 0) is 5.75 Å². The molecule has 20 heavy (non-hydrogen) atoms. The number of nitrogens with one attached hydrogen (secondary N) is 1. The Balaban J connectivity index is 2.77. The van der Waals surface area contributed by atoms with Gasteiger partial charge in [0.1, 0.15) is 5.82 Å². The normalized spacial score (nSPS) is 12.9. The van der Waals surface area contributed by atoms with Gasteiger partial charge in [-0.3, -0.25) is 0 Å². The first-order chi connectivity index (χ1) is 9.45. The van der Waals surface area contributed by atoms with Crippen molar-refractivity contribution < 1.29 is 0 Å². The summed E-state index contributed by atoms with van der Waals surface area (Å²) in [6, 6.07) is 0.517. The average Bonchev–Trinajstić information content (AvgIpc) is 2.36. The van der Waals surface area contributed by atoms with Crippen molar-refractivity contribution in [1.29, 1.82) is 0 Å². The molecular weight excluding hydrogens is 266 g/mol. The van der Waals surface area contributed by atoms with Crippen LogP contribution in [-0.4, -0.2) is 28.3 Å². The van der Waals surface area contributed by atoms with Gasteiger partial charge in [0.2, 0.25) is 0 Å². The molecule has 0 aliphatic rings. The summed E-state index contributed by atoms with van der Waals surface area (Å²) in [5, 5.41) is 3.50. The Morgan fingerprint density at radius 2 is 1.70 bits per heavy atom. The second kappa shape index (κ2) is 8.63. The number of hydrogen-bond acceptors (Lipinski definition) is 4. The number of aryl methyl sites for hydroxylation is 2. The molecule has 0 aliphatic carbocycles. The molecule has 0 fully saturated rings. The zero-order chi connectivity index (χ0) is 15.1. The van der Waals surface area contributed by atoms with E-state index in [4.69, 9.17) is 9.97 Å². The second-order valence-electron chi connectivity index (χ2n) is 5.74. The highest BCUT2D eigenvalue weighted by molar-refractivity contribution is 7.98. The summed E-state index contributed by atoms with van der Waals surface area (Å²) in [6.45, 7) is 14.0. The van der Waals surface area contributed by atoms with E-state index < -0.39 is 0 Å². The van der Waals surface area contributed by atoms with Crippen LogP contribution < -0.4 is 5.32 Å². The predicted octanol–water partition coefficient (Wildman–Crippen LogP) is 3.84. The lowest BCUT2D eigenvalue weighted by molar-refractivity contribution is 0.543. The van der Waals surface area contributed by atoms with Crippen molar-refractivity contribution in [3.63, 3.8) is 0 Å². The summed E-state index contributed by atoms with van der Waals surface area (Å²) in [5.41, 5.74) is 3.59. The van der Waals surface area contributed by atoms with Gasteiger partial charge in [0.25, 0.3) is 0 Å². The van der Waals surface area contributed by atoms with Crippen molar-refractivity contribution in [3.05, 3.63) is 22.8 Å². The molecular formula is C16H29N3S. The fourth-order valence-corrected chi connectivity index (χ4v) is 3.14. The molecule has 1 aromatic heterocycles. The highest BCUT2D eigenvalue weighted by atomic mass is 32.2. The molecule has 0 amide bonds. The third-order valence-electron chi connectivity index (χ3n) is 3.28. The molecule has 0 saturated carbocycles. The minimum absolute atomic E-state index is 0.453. The molecule has 0 aromatic carbocycles.